The fourth-order valence-electron chi connectivity index (χ4n) is 2.96. The maximum atomic E-state index is 8.83. The Morgan fingerprint density at radius 3 is 2.83 bits per heavy atom. The quantitative estimate of drug-likeness (QED) is 0.588. The van der Waals surface area contributed by atoms with Gasteiger partial charge in [-0.1, -0.05) is 12.1 Å². The summed E-state index contributed by atoms with van der Waals surface area (Å²) >= 11 is 0. The first-order valence-electron chi connectivity index (χ1n) is 7.79. The van der Waals surface area contributed by atoms with E-state index in [2.05, 4.69) is 10.6 Å². The van der Waals surface area contributed by atoms with Crippen molar-refractivity contribution in [3.8, 4) is 29.0 Å². The second-order valence-electron chi connectivity index (χ2n) is 5.67. The zero-order valence-corrected chi connectivity index (χ0v) is 13.0. The predicted octanol–water partition coefficient (Wildman–Crippen LogP) is 3.32. The molecule has 2 heterocycles. The van der Waals surface area contributed by atoms with Gasteiger partial charge in [-0.2, -0.15) is 5.26 Å². The van der Waals surface area contributed by atoms with Gasteiger partial charge in [0.15, 0.2) is 11.5 Å². The largest absolute Gasteiger partial charge is 0.454 e. The van der Waals surface area contributed by atoms with Gasteiger partial charge < -0.3 is 19.8 Å². The predicted molar refractivity (Wildman–Crippen MR) is 90.6 cm³/mol. The van der Waals surface area contributed by atoms with Crippen LogP contribution in [0.5, 0.6) is 11.5 Å². The summed E-state index contributed by atoms with van der Waals surface area (Å²) in [7, 11) is 0. The minimum Gasteiger partial charge on any atom is -0.454 e. The molecule has 0 atom stereocenters. The van der Waals surface area contributed by atoms with E-state index < -0.39 is 0 Å². The number of nitrogens with zero attached hydrogens (tertiary/aromatic N) is 3. The molecule has 0 bridgehead atoms. The van der Waals surface area contributed by atoms with Crippen molar-refractivity contribution in [1.29, 1.82) is 5.26 Å². The lowest BCUT2D eigenvalue weighted by atomic mass is 10.2. The van der Waals surface area contributed by atoms with E-state index in [9.17, 15) is 0 Å². The summed E-state index contributed by atoms with van der Waals surface area (Å²) in [5, 5.41) is 8.83. The summed E-state index contributed by atoms with van der Waals surface area (Å²) in [5.74, 6) is 2.27. The van der Waals surface area contributed by atoms with Crippen LogP contribution in [0.25, 0.3) is 22.4 Å². The van der Waals surface area contributed by atoms with Gasteiger partial charge in [-0.15, -0.1) is 0 Å². The molecule has 0 saturated heterocycles. The number of nitriles is 1. The summed E-state index contributed by atoms with van der Waals surface area (Å²) < 4.78 is 13.0. The van der Waals surface area contributed by atoms with Gasteiger partial charge in [-0.25, -0.2) is 4.98 Å². The Labute approximate surface area is 139 Å². The van der Waals surface area contributed by atoms with Crippen molar-refractivity contribution in [2.24, 2.45) is 0 Å². The lowest BCUT2D eigenvalue weighted by molar-refractivity contribution is 0.174. The van der Waals surface area contributed by atoms with Crippen molar-refractivity contribution in [3.05, 3.63) is 36.4 Å². The van der Waals surface area contributed by atoms with Gasteiger partial charge in [0.1, 0.15) is 5.82 Å². The van der Waals surface area contributed by atoms with Gasteiger partial charge in [-0.05, 0) is 18.6 Å². The minimum absolute atomic E-state index is 0.235. The van der Waals surface area contributed by atoms with Crippen molar-refractivity contribution in [3.63, 3.8) is 0 Å². The first-order chi connectivity index (χ1) is 11.8. The number of ether oxygens (including phenoxy) is 2. The van der Waals surface area contributed by atoms with Crippen LogP contribution in [-0.2, 0) is 6.54 Å². The maximum Gasteiger partial charge on any atom is 0.231 e. The Balaban J connectivity index is 1.88. The van der Waals surface area contributed by atoms with E-state index in [1.807, 2.05) is 36.4 Å². The number of aromatic nitrogens is 2. The summed E-state index contributed by atoms with van der Waals surface area (Å²) in [5.41, 5.74) is 9.37. The zero-order chi connectivity index (χ0) is 16.5. The van der Waals surface area contributed by atoms with E-state index in [4.69, 9.17) is 25.5 Å². The molecular formula is C18H16N4O2. The molecule has 1 aromatic heterocycles. The normalized spacial score (nSPS) is 12.5. The molecule has 2 aromatic carbocycles. The van der Waals surface area contributed by atoms with Crippen molar-refractivity contribution in [2.75, 3.05) is 12.5 Å². The third-order valence-corrected chi connectivity index (χ3v) is 4.06. The number of nitrogens with two attached hydrogens (primary N) is 1. The number of unbranched alkanes of at least 4 members (excludes halogenated alkanes) is 1. The molecule has 3 aromatic rings. The highest BCUT2D eigenvalue weighted by Crippen LogP contribution is 2.37. The van der Waals surface area contributed by atoms with E-state index >= 15 is 0 Å². The average molecular weight is 320 g/mol. The zero-order valence-electron chi connectivity index (χ0n) is 13.0. The number of fused-ring (bicyclic) bond motifs is 2. The van der Waals surface area contributed by atoms with Gasteiger partial charge in [0.2, 0.25) is 6.79 Å². The van der Waals surface area contributed by atoms with E-state index in [1.165, 1.54) is 0 Å². The fourth-order valence-corrected chi connectivity index (χ4v) is 2.96. The molecular weight excluding hydrogens is 304 g/mol. The highest BCUT2D eigenvalue weighted by Gasteiger charge is 2.19. The number of anilines is 1. The molecule has 6 nitrogen and oxygen atoms in total. The maximum absolute atomic E-state index is 8.83. The van der Waals surface area contributed by atoms with Crippen LogP contribution in [0.15, 0.2) is 36.4 Å². The van der Waals surface area contributed by atoms with Crippen molar-refractivity contribution in [1.82, 2.24) is 9.55 Å². The lowest BCUT2D eigenvalue weighted by Gasteiger charge is -2.09. The van der Waals surface area contributed by atoms with Crippen molar-refractivity contribution >= 4 is 16.7 Å². The smallest absolute Gasteiger partial charge is 0.231 e. The van der Waals surface area contributed by atoms with Gasteiger partial charge in [0.25, 0.3) is 0 Å². The molecule has 0 aliphatic carbocycles. The molecule has 0 unspecified atom stereocenters. The molecule has 0 fully saturated rings. The van der Waals surface area contributed by atoms with Gasteiger partial charge in [0.05, 0.1) is 17.1 Å². The van der Waals surface area contributed by atoms with Crippen LogP contribution in [0.1, 0.15) is 12.8 Å². The van der Waals surface area contributed by atoms with Crippen LogP contribution < -0.4 is 15.2 Å². The van der Waals surface area contributed by atoms with Gasteiger partial charge >= 0.3 is 0 Å². The molecule has 0 radical (unpaired) electrons. The monoisotopic (exact) mass is 320 g/mol. The second kappa shape index (κ2) is 5.78. The number of aryl methyl sites for hydroxylation is 1. The summed E-state index contributed by atoms with van der Waals surface area (Å²) in [4.78, 5) is 4.77. The number of imidazole rings is 1. The van der Waals surface area contributed by atoms with Crippen molar-refractivity contribution in [2.45, 2.75) is 19.4 Å². The van der Waals surface area contributed by atoms with Crippen LogP contribution in [0.3, 0.4) is 0 Å². The Morgan fingerprint density at radius 2 is 2.04 bits per heavy atom. The van der Waals surface area contributed by atoms with Gasteiger partial charge in [-0.3, -0.25) is 0 Å². The molecule has 0 amide bonds. The summed E-state index contributed by atoms with van der Waals surface area (Å²) in [6.07, 6.45) is 1.26. The first-order valence-corrected chi connectivity index (χ1v) is 7.79. The Kier molecular flexibility index (Phi) is 3.47. The number of rotatable bonds is 4. The molecule has 24 heavy (non-hydrogen) atoms. The average Bonchev–Trinajstić information content (AvgIpc) is 3.17. The molecule has 1 aliphatic rings. The van der Waals surface area contributed by atoms with Crippen LogP contribution in [0.4, 0.5) is 5.69 Å². The van der Waals surface area contributed by atoms with E-state index in [-0.39, 0.29) is 6.79 Å². The third kappa shape index (κ3) is 2.40. The molecule has 2 N–H and O–H groups in total. The van der Waals surface area contributed by atoms with Gasteiger partial charge in [0, 0.05) is 36.3 Å². The number of benzene rings is 2. The Morgan fingerprint density at radius 1 is 1.21 bits per heavy atom. The topological polar surface area (TPSA) is 86.1 Å². The van der Waals surface area contributed by atoms with Crippen LogP contribution in [-0.4, -0.2) is 16.3 Å². The Bertz CT molecular complexity index is 956. The van der Waals surface area contributed by atoms with E-state index in [0.717, 1.165) is 34.6 Å². The third-order valence-electron chi connectivity index (χ3n) is 4.06. The molecule has 0 spiro atoms. The van der Waals surface area contributed by atoms with Crippen LogP contribution >= 0.6 is 0 Å². The number of hydrogen-bond acceptors (Lipinski definition) is 5. The van der Waals surface area contributed by atoms with E-state index in [1.54, 1.807) is 0 Å². The lowest BCUT2D eigenvalue weighted by Crippen LogP contribution is -2.01. The second-order valence-corrected chi connectivity index (χ2v) is 5.67. The molecule has 0 saturated carbocycles. The molecule has 4 rings (SSSR count). The number of nitrogen functional groups attached to an aromatic ring is 1. The standard InChI is InChI=1S/C18H16N4O2/c19-6-1-2-7-22-15-10-17-16(23-11-24-17)9-14(15)21-18(22)12-4-3-5-13(20)8-12/h3-5,8-10H,1-2,7,11,20H2. The van der Waals surface area contributed by atoms with Crippen LogP contribution in [0.2, 0.25) is 0 Å². The number of hydrogen-bond donors (Lipinski definition) is 1. The molecule has 1 aliphatic heterocycles. The molecule has 6 heteroatoms. The summed E-state index contributed by atoms with van der Waals surface area (Å²) in [6.45, 7) is 0.937. The fraction of sp³-hybridized carbons (Fsp3) is 0.222. The highest BCUT2D eigenvalue weighted by atomic mass is 16.7. The summed E-state index contributed by atoms with van der Waals surface area (Å²) in [6, 6.07) is 13.7. The SMILES string of the molecule is N#CCCCn1c(-c2cccc(N)c2)nc2cc3c(cc21)OCO3. The Hall–Kier alpha value is -3.20. The molecule has 120 valence electrons. The van der Waals surface area contributed by atoms with E-state index in [0.29, 0.717) is 24.4 Å². The highest BCUT2D eigenvalue weighted by molar-refractivity contribution is 5.84. The first kappa shape index (κ1) is 14.4. The van der Waals surface area contributed by atoms with Crippen LogP contribution in [0, 0.1) is 11.3 Å². The minimum atomic E-state index is 0.235. The van der Waals surface area contributed by atoms with Crippen molar-refractivity contribution < 1.29 is 9.47 Å².